The summed E-state index contributed by atoms with van der Waals surface area (Å²) in [7, 11) is 0. The first-order chi connectivity index (χ1) is 8.56. The zero-order chi connectivity index (χ0) is 13.1. The molecule has 1 aromatic heterocycles. The molecule has 2 N–H and O–H groups in total. The first-order valence-electron chi connectivity index (χ1n) is 5.68. The van der Waals surface area contributed by atoms with E-state index in [1.807, 2.05) is 37.4 Å². The van der Waals surface area contributed by atoms with Gasteiger partial charge in [0.1, 0.15) is 0 Å². The summed E-state index contributed by atoms with van der Waals surface area (Å²) in [6.45, 7) is 2.01. The van der Waals surface area contributed by atoms with Crippen molar-refractivity contribution in [3.05, 3.63) is 63.4 Å². The summed E-state index contributed by atoms with van der Waals surface area (Å²) in [5.41, 5.74) is 9.22. The van der Waals surface area contributed by atoms with Crippen molar-refractivity contribution in [2.75, 3.05) is 0 Å². The first kappa shape index (κ1) is 13.3. The second-order valence-corrected chi connectivity index (χ2v) is 5.13. The maximum Gasteiger partial charge on any atom is 0.0595 e. The standard InChI is InChI=1S/C14H14Cl2N2/c1-9-2-4-11(18-8-9)7-14(17)10-3-5-12(15)13(16)6-10/h2-6,8,14H,7,17H2,1H3. The van der Waals surface area contributed by atoms with E-state index in [4.69, 9.17) is 28.9 Å². The van der Waals surface area contributed by atoms with Gasteiger partial charge in [-0.05, 0) is 36.2 Å². The van der Waals surface area contributed by atoms with E-state index >= 15 is 0 Å². The molecule has 18 heavy (non-hydrogen) atoms. The van der Waals surface area contributed by atoms with Crippen LogP contribution in [0.1, 0.15) is 22.9 Å². The third kappa shape index (κ3) is 3.22. The Morgan fingerprint density at radius 2 is 1.94 bits per heavy atom. The monoisotopic (exact) mass is 280 g/mol. The largest absolute Gasteiger partial charge is 0.324 e. The lowest BCUT2D eigenvalue weighted by molar-refractivity contribution is 0.706. The summed E-state index contributed by atoms with van der Waals surface area (Å²) in [4.78, 5) is 4.34. The highest BCUT2D eigenvalue weighted by Crippen LogP contribution is 2.26. The number of halogens is 2. The smallest absolute Gasteiger partial charge is 0.0595 e. The zero-order valence-corrected chi connectivity index (χ0v) is 11.5. The van der Waals surface area contributed by atoms with Crippen LogP contribution in [0.25, 0.3) is 0 Å². The number of hydrogen-bond donors (Lipinski definition) is 1. The highest BCUT2D eigenvalue weighted by molar-refractivity contribution is 6.42. The molecule has 94 valence electrons. The lowest BCUT2D eigenvalue weighted by Gasteiger charge is -2.12. The van der Waals surface area contributed by atoms with Gasteiger partial charge < -0.3 is 5.73 Å². The summed E-state index contributed by atoms with van der Waals surface area (Å²) >= 11 is 11.9. The number of aromatic nitrogens is 1. The van der Waals surface area contributed by atoms with Gasteiger partial charge in [0.05, 0.1) is 10.0 Å². The van der Waals surface area contributed by atoms with E-state index in [1.165, 1.54) is 0 Å². The van der Waals surface area contributed by atoms with Crippen molar-refractivity contribution in [2.45, 2.75) is 19.4 Å². The van der Waals surface area contributed by atoms with E-state index in [0.717, 1.165) is 16.8 Å². The van der Waals surface area contributed by atoms with E-state index in [0.29, 0.717) is 16.5 Å². The molecule has 0 amide bonds. The zero-order valence-electron chi connectivity index (χ0n) is 10.0. The van der Waals surface area contributed by atoms with Crippen LogP contribution in [0.15, 0.2) is 36.5 Å². The molecule has 1 aromatic carbocycles. The number of nitrogens with two attached hydrogens (primary N) is 1. The van der Waals surface area contributed by atoms with Crippen LogP contribution in [0.5, 0.6) is 0 Å². The molecule has 0 aliphatic rings. The van der Waals surface area contributed by atoms with E-state index in [2.05, 4.69) is 4.98 Å². The van der Waals surface area contributed by atoms with Gasteiger partial charge in [-0.15, -0.1) is 0 Å². The van der Waals surface area contributed by atoms with Crippen LogP contribution < -0.4 is 5.73 Å². The third-order valence-corrected chi connectivity index (χ3v) is 3.51. The number of aryl methyl sites for hydroxylation is 1. The van der Waals surface area contributed by atoms with Crippen LogP contribution >= 0.6 is 23.2 Å². The van der Waals surface area contributed by atoms with Crippen LogP contribution in [0.2, 0.25) is 10.0 Å². The Kier molecular flexibility index (Phi) is 4.23. The maximum absolute atomic E-state index is 6.14. The van der Waals surface area contributed by atoms with Crippen molar-refractivity contribution < 1.29 is 0 Å². The number of hydrogen-bond acceptors (Lipinski definition) is 2. The maximum atomic E-state index is 6.14. The summed E-state index contributed by atoms with van der Waals surface area (Å²) in [5, 5.41) is 1.07. The molecule has 4 heteroatoms. The molecule has 2 rings (SSSR count). The van der Waals surface area contributed by atoms with Gasteiger partial charge in [0.2, 0.25) is 0 Å². The van der Waals surface area contributed by atoms with Crippen LogP contribution in [0.3, 0.4) is 0 Å². The molecule has 0 aliphatic heterocycles. The van der Waals surface area contributed by atoms with Gasteiger partial charge in [0, 0.05) is 24.4 Å². The number of pyridine rings is 1. The highest BCUT2D eigenvalue weighted by Gasteiger charge is 2.09. The quantitative estimate of drug-likeness (QED) is 0.925. The van der Waals surface area contributed by atoms with Crippen LogP contribution in [-0.4, -0.2) is 4.98 Å². The van der Waals surface area contributed by atoms with Crippen molar-refractivity contribution in [1.29, 1.82) is 0 Å². The minimum Gasteiger partial charge on any atom is -0.324 e. The van der Waals surface area contributed by atoms with Crippen LogP contribution in [0, 0.1) is 6.92 Å². The van der Waals surface area contributed by atoms with Gasteiger partial charge in [-0.25, -0.2) is 0 Å². The summed E-state index contributed by atoms with van der Waals surface area (Å²) < 4.78 is 0. The van der Waals surface area contributed by atoms with Gasteiger partial charge in [-0.3, -0.25) is 4.98 Å². The van der Waals surface area contributed by atoms with Crippen molar-refractivity contribution in [3.8, 4) is 0 Å². The molecule has 0 aliphatic carbocycles. The number of rotatable bonds is 3. The van der Waals surface area contributed by atoms with Crippen molar-refractivity contribution in [2.24, 2.45) is 5.73 Å². The molecule has 1 heterocycles. The average molecular weight is 281 g/mol. The van der Waals surface area contributed by atoms with Crippen LogP contribution in [-0.2, 0) is 6.42 Å². The molecule has 1 unspecified atom stereocenters. The Labute approximate surface area is 117 Å². The molecule has 2 nitrogen and oxygen atoms in total. The van der Waals surface area contributed by atoms with Gasteiger partial charge in [0.15, 0.2) is 0 Å². The van der Waals surface area contributed by atoms with Gasteiger partial charge >= 0.3 is 0 Å². The van der Waals surface area contributed by atoms with E-state index in [-0.39, 0.29) is 6.04 Å². The predicted molar refractivity (Wildman–Crippen MR) is 76.1 cm³/mol. The fraction of sp³-hybridized carbons (Fsp3) is 0.214. The normalized spacial score (nSPS) is 12.4. The second-order valence-electron chi connectivity index (χ2n) is 4.31. The Morgan fingerprint density at radius 1 is 1.17 bits per heavy atom. The molecule has 1 atom stereocenters. The Bertz CT molecular complexity index is 538. The fourth-order valence-electron chi connectivity index (χ4n) is 1.71. The highest BCUT2D eigenvalue weighted by atomic mass is 35.5. The molecule has 0 fully saturated rings. The predicted octanol–water partition coefficient (Wildman–Crippen LogP) is 3.94. The van der Waals surface area contributed by atoms with Gasteiger partial charge in [0.25, 0.3) is 0 Å². The Morgan fingerprint density at radius 3 is 2.56 bits per heavy atom. The lowest BCUT2D eigenvalue weighted by Crippen LogP contribution is -2.14. The number of benzene rings is 1. The summed E-state index contributed by atoms with van der Waals surface area (Å²) in [5.74, 6) is 0. The van der Waals surface area contributed by atoms with Crippen molar-refractivity contribution >= 4 is 23.2 Å². The van der Waals surface area contributed by atoms with E-state index in [1.54, 1.807) is 6.07 Å². The Balaban J connectivity index is 2.13. The minimum absolute atomic E-state index is 0.130. The lowest BCUT2D eigenvalue weighted by atomic mass is 10.0. The van der Waals surface area contributed by atoms with Crippen LogP contribution in [0.4, 0.5) is 0 Å². The first-order valence-corrected chi connectivity index (χ1v) is 6.44. The summed E-state index contributed by atoms with van der Waals surface area (Å²) in [6.07, 6.45) is 2.52. The molecule has 0 spiro atoms. The molecular weight excluding hydrogens is 267 g/mol. The average Bonchev–Trinajstić information content (AvgIpc) is 2.35. The fourth-order valence-corrected chi connectivity index (χ4v) is 2.01. The van der Waals surface area contributed by atoms with Crippen molar-refractivity contribution in [3.63, 3.8) is 0 Å². The Hall–Kier alpha value is -1.09. The minimum atomic E-state index is -0.130. The van der Waals surface area contributed by atoms with Gasteiger partial charge in [-0.2, -0.15) is 0 Å². The third-order valence-electron chi connectivity index (χ3n) is 2.77. The number of nitrogens with zero attached hydrogens (tertiary/aromatic N) is 1. The molecule has 0 bridgehead atoms. The molecular formula is C14H14Cl2N2. The van der Waals surface area contributed by atoms with E-state index < -0.39 is 0 Å². The topological polar surface area (TPSA) is 38.9 Å². The summed E-state index contributed by atoms with van der Waals surface area (Å²) in [6, 6.07) is 9.36. The molecule has 0 radical (unpaired) electrons. The van der Waals surface area contributed by atoms with Gasteiger partial charge in [-0.1, -0.05) is 35.3 Å². The molecule has 2 aromatic rings. The van der Waals surface area contributed by atoms with Crippen molar-refractivity contribution in [1.82, 2.24) is 4.98 Å². The molecule has 0 saturated heterocycles. The SMILES string of the molecule is Cc1ccc(CC(N)c2ccc(Cl)c(Cl)c2)nc1. The molecule has 0 saturated carbocycles. The second kappa shape index (κ2) is 5.70. The van der Waals surface area contributed by atoms with E-state index in [9.17, 15) is 0 Å².